The molecule has 0 saturated carbocycles. The van der Waals surface area contributed by atoms with E-state index in [1.165, 1.54) is 28.9 Å². The van der Waals surface area contributed by atoms with Crippen LogP contribution >= 0.6 is 0 Å². The number of phenolic OH excluding ortho intramolecular Hbond substituents is 1. The molecule has 0 atom stereocenters. The second-order valence-electron chi connectivity index (χ2n) is 4.60. The van der Waals surface area contributed by atoms with E-state index in [9.17, 15) is 18.7 Å². The van der Waals surface area contributed by atoms with Crippen molar-refractivity contribution in [2.45, 2.75) is 13.0 Å². The molecule has 1 N–H and O–H groups in total. The molecule has 0 radical (unpaired) electrons. The number of hydrogen-bond donors (Lipinski definition) is 1. The lowest BCUT2D eigenvalue weighted by atomic mass is 10.2. The minimum atomic E-state index is -2.64. The molecule has 0 aliphatic carbocycles. The van der Waals surface area contributed by atoms with E-state index < -0.39 is 12.1 Å². The van der Waals surface area contributed by atoms with Gasteiger partial charge in [0, 0.05) is 11.8 Å². The average Bonchev–Trinajstić information content (AvgIpc) is 2.77. The van der Waals surface area contributed by atoms with Gasteiger partial charge in [0.2, 0.25) is 0 Å². The van der Waals surface area contributed by atoms with Crippen LogP contribution in [0.2, 0.25) is 0 Å². The number of alkyl halides is 2. The molecule has 0 bridgehead atoms. The van der Waals surface area contributed by atoms with Crippen LogP contribution < -0.4 is 5.69 Å². The SMILES string of the molecule is O=c1n(Cc2ccc(O)cc2)nc2ccc(C(F)F)cn12. The van der Waals surface area contributed by atoms with Crippen LogP contribution in [-0.2, 0) is 6.54 Å². The number of hydrogen-bond acceptors (Lipinski definition) is 3. The first-order valence-electron chi connectivity index (χ1n) is 6.20. The van der Waals surface area contributed by atoms with Crippen molar-refractivity contribution in [2.24, 2.45) is 0 Å². The highest BCUT2D eigenvalue weighted by Gasteiger charge is 2.12. The van der Waals surface area contributed by atoms with Crippen LogP contribution in [0.3, 0.4) is 0 Å². The molecular formula is C14H11F2N3O2. The smallest absolute Gasteiger partial charge is 0.350 e. The highest BCUT2D eigenvalue weighted by molar-refractivity contribution is 5.38. The quantitative estimate of drug-likeness (QED) is 0.804. The van der Waals surface area contributed by atoms with Crippen LogP contribution in [0.1, 0.15) is 17.6 Å². The molecule has 0 aliphatic heterocycles. The Morgan fingerprint density at radius 3 is 2.52 bits per heavy atom. The second-order valence-corrected chi connectivity index (χ2v) is 4.60. The molecule has 108 valence electrons. The summed E-state index contributed by atoms with van der Waals surface area (Å²) >= 11 is 0. The molecule has 5 nitrogen and oxygen atoms in total. The van der Waals surface area contributed by atoms with Crippen molar-refractivity contribution in [1.82, 2.24) is 14.2 Å². The van der Waals surface area contributed by atoms with Crippen molar-refractivity contribution in [2.75, 3.05) is 0 Å². The third kappa shape index (κ3) is 2.49. The Kier molecular flexibility index (Phi) is 3.17. The fourth-order valence-corrected chi connectivity index (χ4v) is 2.04. The van der Waals surface area contributed by atoms with E-state index in [2.05, 4.69) is 5.10 Å². The second kappa shape index (κ2) is 5.01. The highest BCUT2D eigenvalue weighted by Crippen LogP contribution is 2.18. The van der Waals surface area contributed by atoms with Gasteiger partial charge in [0.05, 0.1) is 6.54 Å². The van der Waals surface area contributed by atoms with E-state index in [0.29, 0.717) is 5.65 Å². The van der Waals surface area contributed by atoms with Crippen molar-refractivity contribution in [3.05, 3.63) is 64.2 Å². The number of fused-ring (bicyclic) bond motifs is 1. The van der Waals surface area contributed by atoms with Gasteiger partial charge in [-0.2, -0.15) is 0 Å². The number of phenols is 1. The summed E-state index contributed by atoms with van der Waals surface area (Å²) in [5, 5.41) is 13.3. The molecule has 0 spiro atoms. The molecule has 2 aromatic heterocycles. The number of pyridine rings is 1. The van der Waals surface area contributed by atoms with E-state index in [1.807, 2.05) is 0 Å². The van der Waals surface area contributed by atoms with E-state index in [-0.39, 0.29) is 17.9 Å². The maximum atomic E-state index is 12.7. The summed E-state index contributed by atoms with van der Waals surface area (Å²) in [6, 6.07) is 8.97. The first-order chi connectivity index (χ1) is 10.0. The van der Waals surface area contributed by atoms with E-state index in [4.69, 9.17) is 0 Å². The lowest BCUT2D eigenvalue weighted by Crippen LogP contribution is -2.21. The van der Waals surface area contributed by atoms with Crippen molar-refractivity contribution in [3.63, 3.8) is 0 Å². The summed E-state index contributed by atoms with van der Waals surface area (Å²) in [7, 11) is 0. The predicted molar refractivity (Wildman–Crippen MR) is 71.6 cm³/mol. The Bertz CT molecular complexity index is 838. The van der Waals surface area contributed by atoms with Crippen LogP contribution in [0.15, 0.2) is 47.4 Å². The molecule has 0 saturated heterocycles. The molecule has 1 aromatic carbocycles. The monoisotopic (exact) mass is 291 g/mol. The van der Waals surface area contributed by atoms with Crippen molar-refractivity contribution < 1.29 is 13.9 Å². The third-order valence-electron chi connectivity index (χ3n) is 3.12. The van der Waals surface area contributed by atoms with Gasteiger partial charge in [-0.05, 0) is 29.8 Å². The Morgan fingerprint density at radius 2 is 1.86 bits per heavy atom. The average molecular weight is 291 g/mol. The van der Waals surface area contributed by atoms with Gasteiger partial charge in [-0.15, -0.1) is 5.10 Å². The Morgan fingerprint density at radius 1 is 1.14 bits per heavy atom. The molecule has 2 heterocycles. The summed E-state index contributed by atoms with van der Waals surface area (Å²) in [4.78, 5) is 12.1. The molecule has 0 aliphatic rings. The van der Waals surface area contributed by atoms with Gasteiger partial charge in [-0.3, -0.25) is 0 Å². The van der Waals surface area contributed by atoms with Crippen LogP contribution in [-0.4, -0.2) is 19.3 Å². The van der Waals surface area contributed by atoms with Gasteiger partial charge >= 0.3 is 5.69 Å². The normalized spacial score (nSPS) is 11.4. The summed E-state index contributed by atoms with van der Waals surface area (Å²) in [5.41, 5.74) is 0.366. The first-order valence-corrected chi connectivity index (χ1v) is 6.20. The Labute approximate surface area is 117 Å². The zero-order chi connectivity index (χ0) is 15.0. The van der Waals surface area contributed by atoms with Crippen molar-refractivity contribution >= 4 is 5.65 Å². The standard InChI is InChI=1S/C14H11F2N3O2/c15-13(16)10-3-6-12-17-19(14(21)18(12)8-10)7-9-1-4-11(20)5-2-9/h1-6,8,13,20H,7H2. The summed E-state index contributed by atoms with van der Waals surface area (Å²) in [5.74, 6) is 0.127. The van der Waals surface area contributed by atoms with Crippen LogP contribution in [0.4, 0.5) is 8.78 Å². The number of benzene rings is 1. The zero-order valence-electron chi connectivity index (χ0n) is 10.8. The van der Waals surface area contributed by atoms with Crippen molar-refractivity contribution in [3.8, 4) is 5.75 Å². The fraction of sp³-hybridized carbons (Fsp3) is 0.143. The molecule has 0 amide bonds. The number of aromatic hydroxyl groups is 1. The zero-order valence-corrected chi connectivity index (χ0v) is 10.8. The molecule has 21 heavy (non-hydrogen) atoms. The van der Waals surface area contributed by atoms with Gasteiger partial charge in [0.1, 0.15) is 5.75 Å². The molecular weight excluding hydrogens is 280 g/mol. The summed E-state index contributed by atoms with van der Waals surface area (Å²) in [6.45, 7) is 0.199. The van der Waals surface area contributed by atoms with Gasteiger partial charge in [-0.25, -0.2) is 22.7 Å². The summed E-state index contributed by atoms with van der Waals surface area (Å²) < 4.78 is 27.6. The maximum absolute atomic E-state index is 12.7. The van der Waals surface area contributed by atoms with E-state index >= 15 is 0 Å². The van der Waals surface area contributed by atoms with Crippen LogP contribution in [0.5, 0.6) is 5.75 Å². The van der Waals surface area contributed by atoms with Crippen LogP contribution in [0, 0.1) is 0 Å². The predicted octanol–water partition coefficient (Wildman–Crippen LogP) is 2.19. The van der Waals surface area contributed by atoms with Crippen molar-refractivity contribution in [1.29, 1.82) is 0 Å². The molecule has 0 unspecified atom stereocenters. The minimum Gasteiger partial charge on any atom is -0.508 e. The topological polar surface area (TPSA) is 59.5 Å². The van der Waals surface area contributed by atoms with Gasteiger partial charge < -0.3 is 5.11 Å². The van der Waals surface area contributed by atoms with Gasteiger partial charge in [0.25, 0.3) is 6.43 Å². The van der Waals surface area contributed by atoms with Crippen LogP contribution in [0.25, 0.3) is 5.65 Å². The molecule has 7 heteroatoms. The lowest BCUT2D eigenvalue weighted by molar-refractivity contribution is 0.151. The molecule has 3 rings (SSSR count). The minimum absolute atomic E-state index is 0.127. The third-order valence-corrected chi connectivity index (χ3v) is 3.12. The molecule has 3 aromatic rings. The number of nitrogens with zero attached hydrogens (tertiary/aromatic N) is 3. The Balaban J connectivity index is 2.01. The highest BCUT2D eigenvalue weighted by atomic mass is 19.3. The summed E-state index contributed by atoms with van der Waals surface area (Å²) in [6.07, 6.45) is -1.54. The lowest BCUT2D eigenvalue weighted by Gasteiger charge is -2.00. The fourth-order valence-electron chi connectivity index (χ4n) is 2.04. The first kappa shape index (κ1) is 13.3. The maximum Gasteiger partial charge on any atom is 0.350 e. The number of rotatable bonds is 3. The van der Waals surface area contributed by atoms with Gasteiger partial charge in [0.15, 0.2) is 5.65 Å². The number of aromatic nitrogens is 3. The van der Waals surface area contributed by atoms with E-state index in [0.717, 1.165) is 16.2 Å². The molecule has 0 fully saturated rings. The van der Waals surface area contributed by atoms with E-state index in [1.54, 1.807) is 12.1 Å². The number of halogens is 2. The van der Waals surface area contributed by atoms with Gasteiger partial charge in [-0.1, -0.05) is 12.1 Å². The Hall–Kier alpha value is -2.70. The largest absolute Gasteiger partial charge is 0.508 e.